The second-order valence-corrected chi connectivity index (χ2v) is 8.99. The number of rotatable bonds is 7. The number of fused-ring (bicyclic) bond motifs is 1. The van der Waals surface area contributed by atoms with E-state index >= 15 is 0 Å². The molecule has 2 N–H and O–H groups in total. The van der Waals surface area contributed by atoms with E-state index in [1.54, 1.807) is 30.8 Å². The van der Waals surface area contributed by atoms with Crippen LogP contribution >= 0.6 is 11.3 Å². The molecule has 4 aromatic heterocycles. The molecule has 0 unspecified atom stereocenters. The van der Waals surface area contributed by atoms with Crippen LogP contribution in [0.1, 0.15) is 0 Å². The summed E-state index contributed by atoms with van der Waals surface area (Å²) in [6.45, 7) is 0. The van der Waals surface area contributed by atoms with Crippen LogP contribution in [0.25, 0.3) is 32.6 Å². The van der Waals surface area contributed by atoms with Gasteiger partial charge in [-0.05, 0) is 53.9 Å². The van der Waals surface area contributed by atoms with E-state index in [1.807, 2.05) is 66.0 Å². The summed E-state index contributed by atoms with van der Waals surface area (Å²) in [5, 5.41) is 19.5. The number of hydrogen-bond donors (Lipinski definition) is 2. The van der Waals surface area contributed by atoms with Gasteiger partial charge in [0.05, 0.1) is 16.1 Å². The molecule has 0 fully saturated rings. The van der Waals surface area contributed by atoms with Crippen molar-refractivity contribution < 1.29 is 4.74 Å². The highest BCUT2D eigenvalue weighted by molar-refractivity contribution is 7.13. The van der Waals surface area contributed by atoms with Gasteiger partial charge in [-0.25, -0.2) is 15.0 Å². The average Bonchev–Trinajstić information content (AvgIpc) is 3.49. The Hall–Kier alpha value is -4.89. The number of ether oxygens (including phenoxy) is 1. The van der Waals surface area contributed by atoms with E-state index in [0.29, 0.717) is 23.4 Å². The lowest BCUT2D eigenvalue weighted by molar-refractivity contribution is 0.465. The third-order valence-electron chi connectivity index (χ3n) is 5.70. The van der Waals surface area contributed by atoms with Gasteiger partial charge in [-0.15, -0.1) is 21.5 Å². The minimum Gasteiger partial charge on any atom is -0.438 e. The van der Waals surface area contributed by atoms with E-state index in [0.717, 1.165) is 38.3 Å². The SMILES string of the molecule is CNc1nccc(-c2cccnc2Oc2ccc(Nc3nnc(-c4cccs4)c4ccccc34)cc2)n1. The average molecular weight is 504 g/mol. The molecule has 0 atom stereocenters. The summed E-state index contributed by atoms with van der Waals surface area (Å²) in [6, 6.07) is 25.5. The molecule has 180 valence electrons. The van der Waals surface area contributed by atoms with Crippen LogP contribution < -0.4 is 15.4 Å². The molecule has 6 rings (SSSR count). The van der Waals surface area contributed by atoms with E-state index in [9.17, 15) is 0 Å². The highest BCUT2D eigenvalue weighted by Crippen LogP contribution is 2.34. The van der Waals surface area contributed by atoms with E-state index in [-0.39, 0.29) is 0 Å². The highest BCUT2D eigenvalue weighted by atomic mass is 32.1. The second kappa shape index (κ2) is 10.00. The number of pyridine rings is 1. The number of hydrogen-bond acceptors (Lipinski definition) is 9. The van der Waals surface area contributed by atoms with Crippen molar-refractivity contribution in [2.45, 2.75) is 0 Å². The first-order valence-electron chi connectivity index (χ1n) is 11.6. The molecule has 0 spiro atoms. The molecule has 0 bridgehead atoms. The first-order chi connectivity index (χ1) is 18.3. The Morgan fingerprint density at radius 1 is 0.784 bits per heavy atom. The van der Waals surface area contributed by atoms with Crippen molar-refractivity contribution in [3.63, 3.8) is 0 Å². The number of aromatic nitrogens is 5. The van der Waals surface area contributed by atoms with Crippen LogP contribution in [0.5, 0.6) is 11.6 Å². The molecule has 0 aliphatic heterocycles. The predicted molar refractivity (Wildman–Crippen MR) is 147 cm³/mol. The zero-order chi connectivity index (χ0) is 25.0. The van der Waals surface area contributed by atoms with Crippen molar-refractivity contribution in [3.05, 3.63) is 96.6 Å². The van der Waals surface area contributed by atoms with Gasteiger partial charge in [-0.3, -0.25) is 0 Å². The van der Waals surface area contributed by atoms with Gasteiger partial charge in [0.2, 0.25) is 11.8 Å². The molecule has 9 heteroatoms. The van der Waals surface area contributed by atoms with Gasteiger partial charge in [0.15, 0.2) is 5.82 Å². The lowest BCUT2D eigenvalue weighted by Crippen LogP contribution is -1.99. The summed E-state index contributed by atoms with van der Waals surface area (Å²) >= 11 is 1.65. The summed E-state index contributed by atoms with van der Waals surface area (Å²) in [6.07, 6.45) is 3.39. The molecule has 37 heavy (non-hydrogen) atoms. The number of thiophene rings is 1. The maximum atomic E-state index is 6.12. The van der Waals surface area contributed by atoms with E-state index < -0.39 is 0 Å². The standard InChI is InChI=1S/C28H21N7OS/c1-29-28-31-16-14-23(33-28)22-8-4-15-30-27(22)36-19-12-10-18(11-13-19)32-26-21-7-3-2-6-20(21)25(34-35-26)24-9-5-17-37-24/h2-17H,1H3,(H,32,35)(H,29,31,33). The molecule has 0 amide bonds. The van der Waals surface area contributed by atoms with Crippen molar-refractivity contribution in [2.24, 2.45) is 0 Å². The van der Waals surface area contributed by atoms with Crippen LogP contribution in [-0.4, -0.2) is 32.2 Å². The lowest BCUT2D eigenvalue weighted by atomic mass is 10.1. The Kier molecular flexibility index (Phi) is 6.10. The molecule has 0 aliphatic rings. The molecule has 0 saturated carbocycles. The van der Waals surface area contributed by atoms with Gasteiger partial charge < -0.3 is 15.4 Å². The van der Waals surface area contributed by atoms with Gasteiger partial charge in [-0.1, -0.05) is 30.3 Å². The number of benzene rings is 2. The third-order valence-corrected chi connectivity index (χ3v) is 6.58. The first kappa shape index (κ1) is 22.6. The molecule has 4 heterocycles. The minimum atomic E-state index is 0.463. The Morgan fingerprint density at radius 2 is 1.65 bits per heavy atom. The Balaban J connectivity index is 1.25. The molecular weight excluding hydrogens is 482 g/mol. The van der Waals surface area contributed by atoms with Crippen LogP contribution in [-0.2, 0) is 0 Å². The predicted octanol–water partition coefficient (Wildman–Crippen LogP) is 6.79. The largest absolute Gasteiger partial charge is 0.438 e. The third kappa shape index (κ3) is 4.67. The molecule has 0 aliphatic carbocycles. The minimum absolute atomic E-state index is 0.463. The van der Waals surface area contributed by atoms with E-state index in [2.05, 4.69) is 54.0 Å². The second-order valence-electron chi connectivity index (χ2n) is 8.04. The summed E-state index contributed by atoms with van der Waals surface area (Å²) in [4.78, 5) is 14.2. The van der Waals surface area contributed by atoms with Gasteiger partial charge >= 0.3 is 0 Å². The van der Waals surface area contributed by atoms with Crippen LogP contribution in [0, 0.1) is 0 Å². The molecule has 2 aromatic carbocycles. The van der Waals surface area contributed by atoms with Gasteiger partial charge in [-0.2, -0.15) is 0 Å². The summed E-state index contributed by atoms with van der Waals surface area (Å²) in [5.74, 6) is 2.34. The maximum Gasteiger partial charge on any atom is 0.228 e. The quantitative estimate of drug-likeness (QED) is 0.246. The van der Waals surface area contributed by atoms with Crippen LogP contribution in [0.2, 0.25) is 0 Å². The van der Waals surface area contributed by atoms with Crippen molar-refractivity contribution in [1.29, 1.82) is 0 Å². The monoisotopic (exact) mass is 503 g/mol. The zero-order valence-corrected chi connectivity index (χ0v) is 20.6. The van der Waals surface area contributed by atoms with Crippen molar-refractivity contribution >= 4 is 39.6 Å². The number of nitrogens with one attached hydrogen (secondary N) is 2. The van der Waals surface area contributed by atoms with Crippen LogP contribution in [0.15, 0.2) is 96.6 Å². The summed E-state index contributed by atoms with van der Waals surface area (Å²) in [7, 11) is 1.78. The maximum absolute atomic E-state index is 6.12. The Morgan fingerprint density at radius 3 is 2.46 bits per heavy atom. The molecule has 8 nitrogen and oxygen atoms in total. The summed E-state index contributed by atoms with van der Waals surface area (Å²) < 4.78 is 6.12. The van der Waals surface area contributed by atoms with Crippen molar-refractivity contribution in [3.8, 4) is 33.5 Å². The normalized spacial score (nSPS) is 10.8. The van der Waals surface area contributed by atoms with Crippen molar-refractivity contribution in [1.82, 2.24) is 25.1 Å². The van der Waals surface area contributed by atoms with Crippen molar-refractivity contribution in [2.75, 3.05) is 17.7 Å². The molecule has 0 saturated heterocycles. The van der Waals surface area contributed by atoms with Crippen LogP contribution in [0.4, 0.5) is 17.5 Å². The first-order valence-corrected chi connectivity index (χ1v) is 12.5. The lowest BCUT2D eigenvalue weighted by Gasteiger charge is -2.12. The topological polar surface area (TPSA) is 97.7 Å². The van der Waals surface area contributed by atoms with E-state index in [1.165, 1.54) is 0 Å². The Bertz CT molecular complexity index is 1670. The van der Waals surface area contributed by atoms with Gasteiger partial charge in [0.25, 0.3) is 0 Å². The zero-order valence-electron chi connectivity index (χ0n) is 19.8. The number of anilines is 3. The number of nitrogens with zero attached hydrogens (tertiary/aromatic N) is 5. The van der Waals surface area contributed by atoms with Gasteiger partial charge in [0.1, 0.15) is 11.4 Å². The summed E-state index contributed by atoms with van der Waals surface area (Å²) in [5.41, 5.74) is 3.25. The highest BCUT2D eigenvalue weighted by Gasteiger charge is 2.13. The smallest absolute Gasteiger partial charge is 0.228 e. The fourth-order valence-corrected chi connectivity index (χ4v) is 4.67. The fourth-order valence-electron chi connectivity index (χ4n) is 3.94. The van der Waals surface area contributed by atoms with Gasteiger partial charge in [0, 0.05) is 35.9 Å². The molecule has 0 radical (unpaired) electrons. The molecular formula is C28H21N7OS. The molecule has 6 aromatic rings. The van der Waals surface area contributed by atoms with E-state index in [4.69, 9.17) is 4.74 Å². The fraction of sp³-hybridized carbons (Fsp3) is 0.0357. The van der Waals surface area contributed by atoms with Crippen LogP contribution in [0.3, 0.4) is 0 Å². The Labute approximate surface area is 217 Å².